The van der Waals surface area contributed by atoms with Crippen LogP contribution in [0.1, 0.15) is 0 Å². The highest BCUT2D eigenvalue weighted by molar-refractivity contribution is 5.47. The van der Waals surface area contributed by atoms with Gasteiger partial charge in [-0.15, -0.1) is 9.92 Å². The fourth-order valence-corrected chi connectivity index (χ4v) is 1.94. The highest BCUT2D eigenvalue weighted by Crippen LogP contribution is 2.29. The largest absolute Gasteiger partial charge is 0.356 e. The molecule has 0 bridgehead atoms. The molecule has 18 heavy (non-hydrogen) atoms. The van der Waals surface area contributed by atoms with Gasteiger partial charge in [0.05, 0.1) is 18.4 Å². The molecule has 0 aromatic heterocycles. The molecule has 8 heteroatoms. The first-order valence-corrected chi connectivity index (χ1v) is 5.20. The van der Waals surface area contributed by atoms with Gasteiger partial charge in [0.1, 0.15) is 0 Å². The summed E-state index contributed by atoms with van der Waals surface area (Å²) in [5, 5.41) is 40.7. The number of para-hydroxylation sites is 1. The van der Waals surface area contributed by atoms with Crippen molar-refractivity contribution in [1.29, 1.82) is 0 Å². The summed E-state index contributed by atoms with van der Waals surface area (Å²) in [6, 6.07) is 8.52. The Hall–Kier alpha value is -1.74. The molecule has 0 saturated carbocycles. The second-order valence-electron chi connectivity index (χ2n) is 4.13. The number of nitroso groups, excluding NO2 is 1. The smallest absolute Gasteiger partial charge is 0.287 e. The lowest BCUT2D eigenvalue weighted by molar-refractivity contribution is -0.391. The van der Waals surface area contributed by atoms with Gasteiger partial charge in [-0.3, -0.25) is 0 Å². The molecule has 0 spiro atoms. The molecule has 1 aromatic carbocycles. The van der Waals surface area contributed by atoms with Crippen LogP contribution in [0.15, 0.2) is 35.6 Å². The second kappa shape index (κ2) is 4.18. The van der Waals surface area contributed by atoms with Crippen LogP contribution < -0.4 is 4.90 Å². The van der Waals surface area contributed by atoms with Crippen molar-refractivity contribution in [2.75, 3.05) is 18.0 Å². The maximum atomic E-state index is 10.5. The van der Waals surface area contributed by atoms with Gasteiger partial charge in [0.15, 0.2) is 0 Å². The van der Waals surface area contributed by atoms with E-state index in [0.717, 1.165) is 0 Å². The Kier molecular flexibility index (Phi) is 2.95. The number of anilines is 1. The van der Waals surface area contributed by atoms with E-state index in [4.69, 9.17) is 0 Å². The van der Waals surface area contributed by atoms with Gasteiger partial charge in [-0.05, 0) is 12.1 Å². The predicted octanol–water partition coefficient (Wildman–Crippen LogP) is -1.23. The van der Waals surface area contributed by atoms with Crippen LogP contribution in [0.4, 0.5) is 5.69 Å². The molecule has 1 heterocycles. The number of aliphatic hydroxyl groups is 4. The summed E-state index contributed by atoms with van der Waals surface area (Å²) < 4.78 is 0. The fraction of sp³-hybridized carbons (Fsp3) is 0.400. The van der Waals surface area contributed by atoms with E-state index in [1.54, 1.807) is 30.3 Å². The Labute approximate surface area is 102 Å². The normalized spacial score (nSPS) is 21.8. The molecule has 8 nitrogen and oxygen atoms in total. The van der Waals surface area contributed by atoms with Gasteiger partial charge in [-0.1, -0.05) is 18.2 Å². The zero-order chi connectivity index (χ0) is 13.4. The first-order valence-electron chi connectivity index (χ1n) is 5.20. The lowest BCUT2D eigenvalue weighted by atomic mass is 10.2. The summed E-state index contributed by atoms with van der Waals surface area (Å²) in [6.45, 7) is -0.822. The molecule has 4 N–H and O–H groups in total. The molecule has 98 valence electrons. The number of β-amino-alcohol motifs (C(OH)–C–C–N with tert-alkyl or cyclic N) is 4. The average molecular weight is 255 g/mol. The third kappa shape index (κ3) is 2.14. The number of hydrogen-bond acceptors (Lipinski definition) is 7. The van der Waals surface area contributed by atoms with E-state index in [0.29, 0.717) is 5.69 Å². The summed E-state index contributed by atoms with van der Waals surface area (Å²) in [7, 11) is 0. The Morgan fingerprint density at radius 3 is 1.94 bits per heavy atom. The number of hydrogen-bond donors (Lipinski definition) is 4. The molecular formula is C10H13N3O5. The van der Waals surface area contributed by atoms with Gasteiger partial charge in [0.25, 0.3) is 11.8 Å². The number of piperazine rings is 1. The van der Waals surface area contributed by atoms with Crippen molar-refractivity contribution in [3.05, 3.63) is 35.2 Å². The van der Waals surface area contributed by atoms with Gasteiger partial charge in [0, 0.05) is 5.69 Å². The Morgan fingerprint density at radius 1 is 1.00 bits per heavy atom. The van der Waals surface area contributed by atoms with Crippen molar-refractivity contribution in [3.63, 3.8) is 0 Å². The van der Waals surface area contributed by atoms with Gasteiger partial charge in [0.2, 0.25) is 0 Å². The third-order valence-electron chi connectivity index (χ3n) is 2.69. The molecule has 0 amide bonds. The van der Waals surface area contributed by atoms with E-state index < -0.39 is 24.9 Å². The summed E-state index contributed by atoms with van der Waals surface area (Å²) in [6.07, 6.45) is 0. The second-order valence-corrected chi connectivity index (χ2v) is 4.13. The molecule has 1 aromatic rings. The van der Waals surface area contributed by atoms with E-state index >= 15 is 0 Å². The van der Waals surface area contributed by atoms with Gasteiger partial charge >= 0.3 is 0 Å². The topological polar surface area (TPSA) is 117 Å². The summed E-state index contributed by atoms with van der Waals surface area (Å²) in [5.74, 6) is -5.53. The van der Waals surface area contributed by atoms with E-state index in [2.05, 4.69) is 5.29 Å². The van der Waals surface area contributed by atoms with E-state index in [1.807, 2.05) is 0 Å². The maximum absolute atomic E-state index is 10.5. The van der Waals surface area contributed by atoms with Crippen LogP contribution in [0.2, 0.25) is 0 Å². The van der Waals surface area contributed by atoms with Crippen molar-refractivity contribution in [1.82, 2.24) is 5.01 Å². The van der Waals surface area contributed by atoms with Crippen LogP contribution in [0.25, 0.3) is 0 Å². The fourth-order valence-electron chi connectivity index (χ4n) is 1.94. The Morgan fingerprint density at radius 2 is 1.50 bits per heavy atom. The molecule has 0 unspecified atom stereocenters. The Bertz CT molecular complexity index is 418. The zero-order valence-corrected chi connectivity index (χ0v) is 9.34. The molecule has 1 fully saturated rings. The van der Waals surface area contributed by atoms with Crippen molar-refractivity contribution in [2.24, 2.45) is 5.29 Å². The first kappa shape index (κ1) is 12.7. The lowest BCUT2D eigenvalue weighted by Crippen LogP contribution is -2.71. The number of rotatable bonds is 2. The van der Waals surface area contributed by atoms with Crippen LogP contribution in [0.3, 0.4) is 0 Å². The predicted molar refractivity (Wildman–Crippen MR) is 60.6 cm³/mol. The van der Waals surface area contributed by atoms with Crippen molar-refractivity contribution < 1.29 is 20.4 Å². The standard InChI is InChI=1S/C10H13N3O5/c14-9(15)6-12(8-4-2-1-3-5-8)7-10(16,17)13(9)11-18/h1-5,14-17H,6-7H2. The van der Waals surface area contributed by atoms with Gasteiger partial charge in [-0.2, -0.15) is 0 Å². The minimum atomic E-state index is -2.76. The van der Waals surface area contributed by atoms with Crippen molar-refractivity contribution in [2.45, 2.75) is 11.8 Å². The molecule has 2 rings (SSSR count). The molecule has 0 aliphatic carbocycles. The van der Waals surface area contributed by atoms with Crippen molar-refractivity contribution in [3.8, 4) is 0 Å². The van der Waals surface area contributed by atoms with Gasteiger partial charge in [-0.25, -0.2) is 0 Å². The Balaban J connectivity index is 2.31. The van der Waals surface area contributed by atoms with Crippen LogP contribution in [-0.2, 0) is 0 Å². The molecule has 0 atom stereocenters. The molecule has 1 saturated heterocycles. The van der Waals surface area contributed by atoms with E-state index in [1.165, 1.54) is 4.90 Å². The maximum Gasteiger partial charge on any atom is 0.287 e. The van der Waals surface area contributed by atoms with Crippen LogP contribution in [0.5, 0.6) is 0 Å². The molecule has 1 aliphatic rings. The summed E-state index contributed by atoms with van der Waals surface area (Å²) in [5.41, 5.74) is 0.558. The lowest BCUT2D eigenvalue weighted by Gasteiger charge is -2.47. The monoisotopic (exact) mass is 255 g/mol. The van der Waals surface area contributed by atoms with E-state index in [9.17, 15) is 25.3 Å². The number of nitrogens with zero attached hydrogens (tertiary/aromatic N) is 3. The average Bonchev–Trinajstić information content (AvgIpc) is 2.27. The molecular weight excluding hydrogens is 242 g/mol. The first-order chi connectivity index (χ1) is 8.37. The van der Waals surface area contributed by atoms with Crippen LogP contribution >= 0.6 is 0 Å². The summed E-state index contributed by atoms with van der Waals surface area (Å²) >= 11 is 0. The van der Waals surface area contributed by atoms with Gasteiger partial charge < -0.3 is 25.3 Å². The molecule has 0 radical (unpaired) electrons. The molecule has 1 aliphatic heterocycles. The summed E-state index contributed by atoms with van der Waals surface area (Å²) in [4.78, 5) is 11.8. The van der Waals surface area contributed by atoms with Crippen molar-refractivity contribution >= 4 is 5.69 Å². The SMILES string of the molecule is O=NN1C(O)(O)CN(c2ccccc2)CC1(O)O. The minimum absolute atomic E-state index is 0.0839. The minimum Gasteiger partial charge on any atom is -0.356 e. The highest BCUT2D eigenvalue weighted by Gasteiger charge is 2.53. The van der Waals surface area contributed by atoms with Crippen LogP contribution in [0, 0.1) is 4.91 Å². The van der Waals surface area contributed by atoms with Crippen LogP contribution in [-0.4, -0.2) is 50.3 Å². The number of benzene rings is 1. The highest BCUT2D eigenvalue weighted by atomic mass is 16.6. The van der Waals surface area contributed by atoms with E-state index in [-0.39, 0.29) is 5.01 Å². The quantitative estimate of drug-likeness (QED) is 0.386. The zero-order valence-electron chi connectivity index (χ0n) is 9.34. The third-order valence-corrected chi connectivity index (χ3v) is 2.69.